The molecular weight excluding hydrogens is 218 g/mol. The minimum atomic E-state index is 0.522. The lowest BCUT2D eigenvalue weighted by atomic mass is 10.1. The van der Waals surface area contributed by atoms with Crippen molar-refractivity contribution >= 4 is 11.8 Å². The van der Waals surface area contributed by atoms with E-state index in [1.165, 1.54) is 31.4 Å². The molecule has 88 valence electrons. The second-order valence-corrected chi connectivity index (χ2v) is 6.26. The van der Waals surface area contributed by atoms with Gasteiger partial charge in [-0.3, -0.25) is 0 Å². The number of rotatable bonds is 4. The van der Waals surface area contributed by atoms with Crippen molar-refractivity contribution in [2.45, 2.75) is 43.0 Å². The Labute approximate surface area is 101 Å². The first-order valence-corrected chi connectivity index (χ1v) is 7.34. The molecule has 1 aliphatic carbocycles. The number of nitrogens with one attached hydrogen (secondary N) is 1. The molecule has 0 amide bonds. The van der Waals surface area contributed by atoms with Crippen LogP contribution in [0, 0.1) is 0 Å². The quantitative estimate of drug-likeness (QED) is 0.870. The van der Waals surface area contributed by atoms with Crippen molar-refractivity contribution in [3.8, 4) is 0 Å². The molecule has 4 heteroatoms. The summed E-state index contributed by atoms with van der Waals surface area (Å²) in [6.07, 6.45) is 11.6. The number of hydrogen-bond donors (Lipinski definition) is 1. The number of thioether (sulfide) groups is 1. The van der Waals surface area contributed by atoms with Gasteiger partial charge in [-0.1, -0.05) is 0 Å². The van der Waals surface area contributed by atoms with Crippen molar-refractivity contribution in [2.75, 3.05) is 12.8 Å². The summed E-state index contributed by atoms with van der Waals surface area (Å²) in [5.41, 5.74) is 1.39. The second kappa shape index (κ2) is 4.08. The van der Waals surface area contributed by atoms with E-state index in [1.54, 1.807) is 0 Å². The summed E-state index contributed by atoms with van der Waals surface area (Å²) in [4.78, 5) is 4.33. The number of aromatic nitrogens is 2. The fourth-order valence-corrected chi connectivity index (χ4v) is 3.35. The Morgan fingerprint density at radius 1 is 1.62 bits per heavy atom. The van der Waals surface area contributed by atoms with E-state index in [9.17, 15) is 0 Å². The minimum Gasteiger partial charge on any atom is -0.332 e. The molecule has 3 rings (SSSR count). The van der Waals surface area contributed by atoms with Crippen LogP contribution in [-0.4, -0.2) is 27.1 Å². The van der Waals surface area contributed by atoms with Gasteiger partial charge in [-0.05, 0) is 38.5 Å². The van der Waals surface area contributed by atoms with Crippen LogP contribution < -0.4 is 5.32 Å². The van der Waals surface area contributed by atoms with E-state index in [0.29, 0.717) is 10.8 Å². The van der Waals surface area contributed by atoms with Crippen LogP contribution in [0.3, 0.4) is 0 Å². The highest BCUT2D eigenvalue weighted by molar-refractivity contribution is 8.00. The van der Waals surface area contributed by atoms with Crippen molar-refractivity contribution in [1.29, 1.82) is 0 Å². The van der Waals surface area contributed by atoms with Crippen LogP contribution in [-0.2, 0) is 6.54 Å². The Morgan fingerprint density at radius 3 is 3.12 bits per heavy atom. The largest absolute Gasteiger partial charge is 0.332 e. The summed E-state index contributed by atoms with van der Waals surface area (Å²) in [6.45, 7) is 2.30. The smallest absolute Gasteiger partial charge is 0.0949 e. The van der Waals surface area contributed by atoms with Crippen molar-refractivity contribution in [1.82, 2.24) is 14.9 Å². The van der Waals surface area contributed by atoms with E-state index in [0.717, 1.165) is 13.1 Å². The standard InChI is InChI=1S/C12H19N3S/c1-16-12(4-5-12)8-15-9-13-7-11(15)10-3-2-6-14-10/h7,9-10,14H,2-6,8H2,1H3. The van der Waals surface area contributed by atoms with Crippen molar-refractivity contribution in [2.24, 2.45) is 0 Å². The van der Waals surface area contributed by atoms with Gasteiger partial charge in [0.05, 0.1) is 12.0 Å². The van der Waals surface area contributed by atoms with Gasteiger partial charge in [0.2, 0.25) is 0 Å². The Bertz CT molecular complexity index is 364. The van der Waals surface area contributed by atoms with E-state index < -0.39 is 0 Å². The molecule has 1 unspecified atom stereocenters. The summed E-state index contributed by atoms with van der Waals surface area (Å²) < 4.78 is 2.89. The summed E-state index contributed by atoms with van der Waals surface area (Å²) in [5.74, 6) is 0. The molecule has 0 bridgehead atoms. The van der Waals surface area contributed by atoms with Crippen LogP contribution >= 0.6 is 11.8 Å². The summed E-state index contributed by atoms with van der Waals surface area (Å²) in [7, 11) is 0. The summed E-state index contributed by atoms with van der Waals surface area (Å²) in [6, 6.07) is 0.542. The van der Waals surface area contributed by atoms with Crippen molar-refractivity contribution in [3.05, 3.63) is 18.2 Å². The maximum atomic E-state index is 4.33. The zero-order valence-electron chi connectivity index (χ0n) is 9.78. The van der Waals surface area contributed by atoms with Crippen LogP contribution in [0.15, 0.2) is 12.5 Å². The van der Waals surface area contributed by atoms with Crippen molar-refractivity contribution < 1.29 is 0 Å². The highest BCUT2D eigenvalue weighted by Crippen LogP contribution is 2.48. The Balaban J connectivity index is 1.77. The van der Waals surface area contributed by atoms with Gasteiger partial charge in [0.25, 0.3) is 0 Å². The van der Waals surface area contributed by atoms with E-state index in [-0.39, 0.29) is 0 Å². The molecule has 3 nitrogen and oxygen atoms in total. The molecular formula is C12H19N3S. The maximum absolute atomic E-state index is 4.33. The average molecular weight is 237 g/mol. The van der Waals surface area contributed by atoms with Gasteiger partial charge >= 0.3 is 0 Å². The van der Waals surface area contributed by atoms with Gasteiger partial charge in [-0.25, -0.2) is 4.98 Å². The van der Waals surface area contributed by atoms with Gasteiger partial charge in [-0.2, -0.15) is 11.8 Å². The van der Waals surface area contributed by atoms with Crippen LogP contribution in [0.5, 0.6) is 0 Å². The first-order chi connectivity index (χ1) is 7.83. The fourth-order valence-electron chi connectivity index (χ4n) is 2.57. The lowest BCUT2D eigenvalue weighted by molar-refractivity contribution is 0.552. The van der Waals surface area contributed by atoms with E-state index in [2.05, 4.69) is 21.1 Å². The van der Waals surface area contributed by atoms with E-state index >= 15 is 0 Å². The molecule has 1 aromatic heterocycles. The molecule has 1 aliphatic heterocycles. The molecule has 0 radical (unpaired) electrons. The van der Waals surface area contributed by atoms with Crippen LogP contribution in [0.2, 0.25) is 0 Å². The number of hydrogen-bond acceptors (Lipinski definition) is 3. The van der Waals surface area contributed by atoms with Crippen LogP contribution in [0.1, 0.15) is 37.4 Å². The normalized spacial score (nSPS) is 27.2. The second-order valence-electron chi connectivity index (χ2n) is 4.98. The van der Waals surface area contributed by atoms with Gasteiger partial charge in [-0.15, -0.1) is 0 Å². The third-order valence-corrected chi connectivity index (χ3v) is 5.26. The zero-order valence-corrected chi connectivity index (χ0v) is 10.6. The molecule has 2 aliphatic rings. The van der Waals surface area contributed by atoms with E-state index in [1.807, 2.05) is 24.3 Å². The SMILES string of the molecule is CSC1(Cn2cncc2C2CCCN2)CC1. The first kappa shape index (κ1) is 10.7. The third-order valence-electron chi connectivity index (χ3n) is 3.86. The van der Waals surface area contributed by atoms with E-state index in [4.69, 9.17) is 0 Å². The van der Waals surface area contributed by atoms with Crippen LogP contribution in [0.4, 0.5) is 0 Å². The molecule has 2 fully saturated rings. The highest BCUT2D eigenvalue weighted by atomic mass is 32.2. The molecule has 0 spiro atoms. The number of nitrogens with zero attached hydrogens (tertiary/aromatic N) is 2. The lowest BCUT2D eigenvalue weighted by Crippen LogP contribution is -2.20. The molecule has 1 aromatic rings. The molecule has 1 saturated heterocycles. The van der Waals surface area contributed by atoms with Crippen molar-refractivity contribution in [3.63, 3.8) is 0 Å². The average Bonchev–Trinajstić information content (AvgIpc) is 2.71. The van der Waals surface area contributed by atoms with Gasteiger partial charge < -0.3 is 9.88 Å². The highest BCUT2D eigenvalue weighted by Gasteiger charge is 2.42. The lowest BCUT2D eigenvalue weighted by Gasteiger charge is -2.18. The Kier molecular flexibility index (Phi) is 2.72. The van der Waals surface area contributed by atoms with Gasteiger partial charge in [0.15, 0.2) is 0 Å². The monoisotopic (exact) mass is 237 g/mol. The Morgan fingerprint density at radius 2 is 2.50 bits per heavy atom. The molecule has 1 N–H and O–H groups in total. The first-order valence-electron chi connectivity index (χ1n) is 6.12. The maximum Gasteiger partial charge on any atom is 0.0949 e. The summed E-state index contributed by atoms with van der Waals surface area (Å²) in [5, 5.41) is 3.56. The van der Waals surface area contributed by atoms with Gasteiger partial charge in [0.1, 0.15) is 0 Å². The van der Waals surface area contributed by atoms with Gasteiger partial charge in [0, 0.05) is 23.5 Å². The Hall–Kier alpha value is -0.480. The molecule has 2 heterocycles. The predicted molar refractivity (Wildman–Crippen MR) is 67.7 cm³/mol. The third kappa shape index (κ3) is 1.89. The fraction of sp³-hybridized carbons (Fsp3) is 0.750. The zero-order chi connectivity index (χ0) is 11.0. The molecule has 1 saturated carbocycles. The van der Waals surface area contributed by atoms with Crippen LogP contribution in [0.25, 0.3) is 0 Å². The minimum absolute atomic E-state index is 0.522. The summed E-state index contributed by atoms with van der Waals surface area (Å²) >= 11 is 2.02. The molecule has 16 heavy (non-hydrogen) atoms. The molecule has 1 atom stereocenters. The topological polar surface area (TPSA) is 29.9 Å². The predicted octanol–water partition coefficient (Wildman–Crippen LogP) is 2.20. The number of imidazole rings is 1. The molecule has 0 aromatic carbocycles.